The Kier molecular flexibility index (Phi) is 3.51. The number of fused-ring (bicyclic) bond motifs is 1. The molecular weight excluding hydrogens is 384 g/mol. The summed E-state index contributed by atoms with van der Waals surface area (Å²) in [5, 5.41) is 22.2. The van der Waals surface area contributed by atoms with Crippen LogP contribution < -0.4 is 5.32 Å². The molecule has 1 aromatic heterocycles. The van der Waals surface area contributed by atoms with Crippen LogP contribution in [0.5, 0.6) is 11.5 Å². The minimum Gasteiger partial charge on any atom is -0.508 e. The van der Waals surface area contributed by atoms with Gasteiger partial charge in [0.15, 0.2) is 0 Å². The molecule has 0 saturated heterocycles. The SMILES string of the molecule is O=C1Nc2cc(Br)ncc2C1(c1ccc(O)cc1)c1ccc(O)cc1. The third kappa shape index (κ3) is 2.29. The van der Waals surface area contributed by atoms with Crippen LogP contribution in [0.15, 0.2) is 65.4 Å². The molecule has 1 amide bonds. The van der Waals surface area contributed by atoms with Crippen molar-refractivity contribution in [3.63, 3.8) is 0 Å². The van der Waals surface area contributed by atoms with Crippen LogP contribution in [-0.4, -0.2) is 21.1 Å². The van der Waals surface area contributed by atoms with E-state index in [1.807, 2.05) is 0 Å². The molecule has 3 aromatic rings. The third-order valence-electron chi connectivity index (χ3n) is 4.46. The van der Waals surface area contributed by atoms with Gasteiger partial charge < -0.3 is 15.5 Å². The van der Waals surface area contributed by atoms with E-state index in [1.165, 1.54) is 0 Å². The quantitative estimate of drug-likeness (QED) is 0.578. The molecule has 3 N–H and O–H groups in total. The molecule has 1 aliphatic rings. The lowest BCUT2D eigenvalue weighted by Gasteiger charge is -2.28. The van der Waals surface area contributed by atoms with Crippen LogP contribution >= 0.6 is 15.9 Å². The Bertz CT molecular complexity index is 923. The number of nitrogens with one attached hydrogen (secondary N) is 1. The van der Waals surface area contributed by atoms with Crippen molar-refractivity contribution in [2.24, 2.45) is 0 Å². The number of phenols is 2. The molecule has 1 aliphatic heterocycles. The summed E-state index contributed by atoms with van der Waals surface area (Å²) < 4.78 is 0.624. The predicted molar refractivity (Wildman–Crippen MR) is 96.7 cm³/mol. The second kappa shape index (κ2) is 5.60. The fourth-order valence-electron chi connectivity index (χ4n) is 3.33. The zero-order valence-electron chi connectivity index (χ0n) is 12.9. The lowest BCUT2D eigenvalue weighted by molar-refractivity contribution is -0.118. The van der Waals surface area contributed by atoms with Crippen molar-refractivity contribution in [1.29, 1.82) is 0 Å². The molecular formula is C19H13BrN2O3. The van der Waals surface area contributed by atoms with Gasteiger partial charge in [0.25, 0.3) is 0 Å². The van der Waals surface area contributed by atoms with Gasteiger partial charge in [0.1, 0.15) is 21.5 Å². The second-order valence-electron chi connectivity index (χ2n) is 5.85. The molecule has 0 bridgehead atoms. The first-order chi connectivity index (χ1) is 12.0. The van der Waals surface area contributed by atoms with Gasteiger partial charge in [-0.15, -0.1) is 0 Å². The Labute approximate surface area is 152 Å². The van der Waals surface area contributed by atoms with Crippen molar-refractivity contribution in [2.75, 3.05) is 5.32 Å². The van der Waals surface area contributed by atoms with Crippen molar-refractivity contribution in [1.82, 2.24) is 4.98 Å². The van der Waals surface area contributed by atoms with E-state index < -0.39 is 5.41 Å². The summed E-state index contributed by atoms with van der Waals surface area (Å²) >= 11 is 3.33. The minimum atomic E-state index is -1.11. The number of rotatable bonds is 2. The van der Waals surface area contributed by atoms with Crippen molar-refractivity contribution in [3.05, 3.63) is 82.1 Å². The number of aromatic nitrogens is 1. The van der Waals surface area contributed by atoms with Crippen molar-refractivity contribution in [3.8, 4) is 11.5 Å². The number of benzene rings is 2. The first-order valence-electron chi connectivity index (χ1n) is 7.58. The smallest absolute Gasteiger partial charge is 0.244 e. The molecule has 5 nitrogen and oxygen atoms in total. The number of hydrogen-bond donors (Lipinski definition) is 3. The molecule has 4 rings (SSSR count). The predicted octanol–water partition coefficient (Wildman–Crippen LogP) is 3.54. The van der Waals surface area contributed by atoms with Gasteiger partial charge in [0.05, 0.1) is 0 Å². The Morgan fingerprint density at radius 2 is 1.44 bits per heavy atom. The number of hydrogen-bond acceptors (Lipinski definition) is 4. The summed E-state index contributed by atoms with van der Waals surface area (Å²) in [6.07, 6.45) is 1.66. The summed E-state index contributed by atoms with van der Waals surface area (Å²) in [5.74, 6) is 0.0353. The van der Waals surface area contributed by atoms with E-state index in [1.54, 1.807) is 60.8 Å². The van der Waals surface area contributed by atoms with Crippen LogP contribution in [-0.2, 0) is 10.2 Å². The van der Waals surface area contributed by atoms with Crippen LogP contribution in [0.2, 0.25) is 0 Å². The standard InChI is InChI=1S/C19H13BrN2O3/c20-17-9-16-15(10-21-17)19(18(25)22-16,11-1-5-13(23)6-2-11)12-3-7-14(24)8-4-12/h1-10,23-24H,(H,22,25). The summed E-state index contributed by atoms with van der Waals surface area (Å²) in [6.45, 7) is 0. The fourth-order valence-corrected chi connectivity index (χ4v) is 3.66. The average Bonchev–Trinajstić information content (AvgIpc) is 2.88. The molecule has 2 heterocycles. The number of halogens is 1. The average molecular weight is 397 g/mol. The summed E-state index contributed by atoms with van der Waals surface area (Å²) in [6, 6.07) is 14.8. The van der Waals surface area contributed by atoms with Crippen LogP contribution in [0.4, 0.5) is 5.69 Å². The zero-order valence-corrected chi connectivity index (χ0v) is 14.5. The van der Waals surface area contributed by atoms with Gasteiger partial charge in [-0.1, -0.05) is 24.3 Å². The molecule has 0 radical (unpaired) electrons. The first-order valence-corrected chi connectivity index (χ1v) is 8.37. The maximum Gasteiger partial charge on any atom is 0.244 e. The zero-order chi connectivity index (χ0) is 17.6. The summed E-state index contributed by atoms with van der Waals surface area (Å²) in [5.41, 5.74) is 1.70. The van der Waals surface area contributed by atoms with Gasteiger partial charge in [-0.05, 0) is 57.4 Å². The molecule has 0 aliphatic carbocycles. The van der Waals surface area contributed by atoms with Gasteiger partial charge in [-0.3, -0.25) is 4.79 Å². The lowest BCUT2D eigenvalue weighted by Crippen LogP contribution is -2.37. The normalized spacial score (nSPS) is 14.8. The van der Waals surface area contributed by atoms with Crippen LogP contribution in [0, 0.1) is 0 Å². The molecule has 0 unspecified atom stereocenters. The molecule has 0 saturated carbocycles. The van der Waals surface area contributed by atoms with Crippen molar-refractivity contribution >= 4 is 27.5 Å². The van der Waals surface area contributed by atoms with E-state index >= 15 is 0 Å². The highest BCUT2D eigenvalue weighted by Crippen LogP contribution is 2.48. The van der Waals surface area contributed by atoms with E-state index in [9.17, 15) is 15.0 Å². The van der Waals surface area contributed by atoms with E-state index in [0.717, 1.165) is 5.56 Å². The summed E-state index contributed by atoms with van der Waals surface area (Å²) in [4.78, 5) is 17.4. The molecule has 0 spiro atoms. The van der Waals surface area contributed by atoms with Crippen molar-refractivity contribution < 1.29 is 15.0 Å². The molecule has 0 atom stereocenters. The maximum absolute atomic E-state index is 13.2. The molecule has 25 heavy (non-hydrogen) atoms. The molecule has 124 valence electrons. The first kappa shape index (κ1) is 15.7. The van der Waals surface area contributed by atoms with E-state index in [0.29, 0.717) is 21.4 Å². The molecule has 2 aromatic carbocycles. The number of phenolic OH excluding ortho intramolecular Hbond substituents is 2. The van der Waals surface area contributed by atoms with Crippen molar-refractivity contribution in [2.45, 2.75) is 5.41 Å². The second-order valence-corrected chi connectivity index (χ2v) is 6.66. The topological polar surface area (TPSA) is 82.5 Å². The lowest BCUT2D eigenvalue weighted by atomic mass is 9.70. The Hall–Kier alpha value is -2.86. The number of pyridine rings is 1. The van der Waals surface area contributed by atoms with Crippen LogP contribution in [0.3, 0.4) is 0 Å². The van der Waals surface area contributed by atoms with E-state index in [-0.39, 0.29) is 17.4 Å². The van der Waals surface area contributed by atoms with E-state index in [2.05, 4.69) is 26.2 Å². The number of aromatic hydroxyl groups is 2. The van der Waals surface area contributed by atoms with Gasteiger partial charge in [0, 0.05) is 17.4 Å². The Morgan fingerprint density at radius 1 is 0.920 bits per heavy atom. The van der Waals surface area contributed by atoms with Crippen LogP contribution in [0.1, 0.15) is 16.7 Å². The van der Waals surface area contributed by atoms with Crippen LogP contribution in [0.25, 0.3) is 0 Å². The largest absolute Gasteiger partial charge is 0.508 e. The fraction of sp³-hybridized carbons (Fsp3) is 0.0526. The van der Waals surface area contributed by atoms with E-state index in [4.69, 9.17) is 0 Å². The monoisotopic (exact) mass is 396 g/mol. The molecule has 6 heteroatoms. The van der Waals surface area contributed by atoms with Gasteiger partial charge in [0.2, 0.25) is 5.91 Å². The number of nitrogens with zero attached hydrogens (tertiary/aromatic N) is 1. The Morgan fingerprint density at radius 3 is 1.96 bits per heavy atom. The highest BCUT2D eigenvalue weighted by molar-refractivity contribution is 9.10. The highest BCUT2D eigenvalue weighted by atomic mass is 79.9. The number of amides is 1. The summed E-state index contributed by atoms with van der Waals surface area (Å²) in [7, 11) is 0. The van der Waals surface area contributed by atoms with Gasteiger partial charge >= 0.3 is 0 Å². The third-order valence-corrected chi connectivity index (χ3v) is 4.90. The van der Waals surface area contributed by atoms with Gasteiger partial charge in [-0.25, -0.2) is 4.98 Å². The minimum absolute atomic E-state index is 0.122. The molecule has 0 fully saturated rings. The highest BCUT2D eigenvalue weighted by Gasteiger charge is 2.50. The maximum atomic E-state index is 13.2. The van der Waals surface area contributed by atoms with Gasteiger partial charge in [-0.2, -0.15) is 0 Å². The number of carbonyl (C=O) groups excluding carboxylic acids is 1. The number of anilines is 1. The Balaban J connectivity index is 2.05. The number of carbonyl (C=O) groups is 1.